The Morgan fingerprint density at radius 3 is 2.44 bits per heavy atom. The van der Waals surface area contributed by atoms with Gasteiger partial charge in [-0.1, -0.05) is 18.2 Å². The summed E-state index contributed by atoms with van der Waals surface area (Å²) < 4.78 is 94.9. The zero-order valence-corrected chi connectivity index (χ0v) is 45.5. The summed E-state index contributed by atoms with van der Waals surface area (Å²) in [6.45, 7) is 7.72. The highest BCUT2D eigenvalue weighted by Crippen LogP contribution is 2.54. The summed E-state index contributed by atoms with van der Waals surface area (Å²) in [5, 5.41) is 26.7. The van der Waals surface area contributed by atoms with E-state index in [0.717, 1.165) is 81.6 Å². The highest BCUT2D eigenvalue weighted by Gasteiger charge is 2.51. The van der Waals surface area contributed by atoms with Crippen molar-refractivity contribution < 1.29 is 55.4 Å². The number of nitrogens with one attached hydrogen (secondary N) is 3. The third-order valence-corrected chi connectivity index (χ3v) is 19.5. The van der Waals surface area contributed by atoms with Crippen molar-refractivity contribution in [3.63, 3.8) is 0 Å². The minimum atomic E-state index is -4.83. The molecule has 4 saturated heterocycles. The first-order valence-electron chi connectivity index (χ1n) is 28.0. The number of rotatable bonds is 13. The van der Waals surface area contributed by atoms with Gasteiger partial charge in [-0.25, -0.2) is 13.1 Å². The lowest BCUT2D eigenvalue weighted by Gasteiger charge is -2.58. The van der Waals surface area contributed by atoms with E-state index in [1.165, 1.54) is 18.2 Å². The zero-order valence-electron chi connectivity index (χ0n) is 44.7. The molecule has 1 spiro atoms. The molecule has 5 aromatic rings. The number of piperazine rings is 1. The fraction of sp³-hybridized carbons (Fsp3) is 0.544. The zero-order chi connectivity index (χ0) is 55.6. The van der Waals surface area contributed by atoms with Crippen LogP contribution in [0.2, 0.25) is 0 Å². The molecule has 2 aromatic heterocycles. The number of aromatic nitrogens is 2. The molecule has 0 radical (unpaired) electrons. The minimum absolute atomic E-state index is 0.0243. The SMILES string of the molecule is C[C@]1(O)CC[C@H](CNc2ccc(S(=O)(=O)NC(=O)c3ccc(N4CCC5(CC4)CC(N4CCN(C6CCOCC6)C[C@H]4c4ccccc4OC(F)(F)F)C5)cc3N3c4cc5cc[nH]c5nc4O[C@H]4COCC[C@@H]43)cc2[N+](=O)[O-])CC1. The van der Waals surface area contributed by atoms with Crippen molar-refractivity contribution in [2.24, 2.45) is 11.3 Å². The molecule has 80 heavy (non-hydrogen) atoms. The molecule has 6 fully saturated rings. The molecule has 23 heteroatoms. The maximum absolute atomic E-state index is 14.8. The van der Waals surface area contributed by atoms with Crippen LogP contribution in [0.4, 0.5) is 41.6 Å². The third-order valence-electron chi connectivity index (χ3n) is 18.2. The standard InChI is InChI=1S/C57H68F3N9O10S/c1-55(71)16-10-36(11-17-55)33-62-44-9-7-41(30-47(44)69(72)73)80(74,75)64-53(70)43-8-6-39(29-46(43)68-45-15-27-77-35-51(45)78-54-48(68)28-37-12-20-61-52(37)63-54)65-21-18-56(19-22-65)31-40(32-56)67-24-23-66(38-13-25-76-26-14-38)34-49(67)42-4-2-3-5-50(42)79-57(58,59)60/h2-9,12,20,28-30,36,38,40,45,49,51,62,71H,10-11,13-19,21-27,31-35H2,1H3,(H,61,63)(H,64,70)/t36-,45-,49-,51-,55-/m0/s1. The molecule has 0 bridgehead atoms. The first-order chi connectivity index (χ1) is 38.4. The lowest BCUT2D eigenvalue weighted by molar-refractivity contribution is -0.384. The predicted molar refractivity (Wildman–Crippen MR) is 292 cm³/mol. The molecule has 3 aromatic carbocycles. The van der Waals surface area contributed by atoms with Gasteiger partial charge in [-0.15, -0.1) is 13.2 Å². The number of halogens is 3. The van der Waals surface area contributed by atoms with E-state index in [0.29, 0.717) is 99.8 Å². The summed E-state index contributed by atoms with van der Waals surface area (Å²) in [5.41, 5.74) is 1.99. The monoisotopic (exact) mass is 1130 g/mol. The van der Waals surface area contributed by atoms with Gasteiger partial charge in [0.2, 0.25) is 5.88 Å². The quantitative estimate of drug-likeness (QED) is 0.0640. The van der Waals surface area contributed by atoms with E-state index in [1.807, 2.05) is 29.2 Å². The number of hydrogen-bond donors (Lipinski definition) is 4. The van der Waals surface area contributed by atoms with E-state index in [2.05, 4.69) is 34.5 Å². The fourth-order valence-electron chi connectivity index (χ4n) is 13.7. The first kappa shape index (κ1) is 54.4. The molecule has 7 aliphatic rings. The van der Waals surface area contributed by atoms with Crippen LogP contribution in [0.5, 0.6) is 11.6 Å². The maximum Gasteiger partial charge on any atom is 0.573 e. The van der Waals surface area contributed by atoms with Crippen LogP contribution >= 0.6 is 0 Å². The van der Waals surface area contributed by atoms with Crippen molar-refractivity contribution in [3.05, 3.63) is 100 Å². The molecular weight excluding hydrogens is 1060 g/mol. The van der Waals surface area contributed by atoms with E-state index >= 15 is 0 Å². The molecule has 1 amide bonds. The lowest BCUT2D eigenvalue weighted by atomic mass is 9.59. The third kappa shape index (κ3) is 11.1. The van der Waals surface area contributed by atoms with Crippen LogP contribution in [-0.4, -0.2) is 146 Å². The van der Waals surface area contributed by atoms with Gasteiger partial charge in [0.25, 0.3) is 21.6 Å². The van der Waals surface area contributed by atoms with Gasteiger partial charge in [0, 0.05) is 100 Å². The Hall–Kier alpha value is -6.24. The molecule has 5 aliphatic heterocycles. The van der Waals surface area contributed by atoms with E-state index in [-0.39, 0.29) is 53.1 Å². The van der Waals surface area contributed by atoms with Crippen LogP contribution < -0.4 is 29.3 Å². The Morgan fingerprint density at radius 1 is 0.912 bits per heavy atom. The van der Waals surface area contributed by atoms with Crippen molar-refractivity contribution in [2.75, 3.05) is 80.8 Å². The molecule has 0 unspecified atom stereocenters. The maximum atomic E-state index is 14.8. The number of H-pyrrole nitrogens is 1. The van der Waals surface area contributed by atoms with Gasteiger partial charge in [-0.3, -0.25) is 24.7 Å². The average molecular weight is 1130 g/mol. The number of sulfonamides is 1. The lowest BCUT2D eigenvalue weighted by Crippen LogP contribution is -2.61. The van der Waals surface area contributed by atoms with Crippen LogP contribution in [0.15, 0.2) is 83.9 Å². The second-order valence-corrected chi connectivity index (χ2v) is 25.0. The molecule has 12 rings (SSSR count). The summed E-state index contributed by atoms with van der Waals surface area (Å²) in [6, 6.07) is 19.1. The number of piperidine rings is 1. The number of anilines is 4. The van der Waals surface area contributed by atoms with Gasteiger partial charge in [0.05, 0.1) is 45.4 Å². The molecular formula is C57H68F3N9O10S. The van der Waals surface area contributed by atoms with E-state index < -0.39 is 49.5 Å². The number of nitro groups is 1. The van der Waals surface area contributed by atoms with Gasteiger partial charge < -0.3 is 44.2 Å². The van der Waals surface area contributed by atoms with Crippen molar-refractivity contribution in [1.82, 2.24) is 24.5 Å². The molecule has 19 nitrogen and oxygen atoms in total. The van der Waals surface area contributed by atoms with Crippen molar-refractivity contribution in [3.8, 4) is 11.6 Å². The number of benzene rings is 3. The number of hydrogen-bond acceptors (Lipinski definition) is 16. The number of ether oxygens (including phenoxy) is 4. The first-order valence-corrected chi connectivity index (χ1v) is 29.5. The predicted octanol–water partition coefficient (Wildman–Crippen LogP) is 8.82. The van der Waals surface area contributed by atoms with Crippen molar-refractivity contribution in [2.45, 2.75) is 125 Å². The molecule has 2 saturated carbocycles. The number of nitrogens with zero attached hydrogens (tertiary/aromatic N) is 6. The van der Waals surface area contributed by atoms with E-state index in [4.69, 9.17) is 19.2 Å². The van der Waals surface area contributed by atoms with Crippen LogP contribution in [0.25, 0.3) is 11.0 Å². The second kappa shape index (κ2) is 21.6. The Morgan fingerprint density at radius 2 is 1.68 bits per heavy atom. The normalized spacial score (nSPS) is 26.0. The molecule has 4 N–H and O–H groups in total. The number of aliphatic hydroxyl groups is 1. The minimum Gasteiger partial charge on any atom is -0.468 e. The summed E-state index contributed by atoms with van der Waals surface area (Å²) in [4.78, 5) is 43.2. The molecule has 3 atom stereocenters. The highest BCUT2D eigenvalue weighted by molar-refractivity contribution is 7.90. The summed E-state index contributed by atoms with van der Waals surface area (Å²) in [5.74, 6) is -0.615. The number of alkyl halides is 3. The molecule has 2 aliphatic carbocycles. The van der Waals surface area contributed by atoms with Crippen molar-refractivity contribution >= 4 is 55.4 Å². The fourth-order valence-corrected chi connectivity index (χ4v) is 14.7. The number of aromatic amines is 1. The van der Waals surface area contributed by atoms with Gasteiger partial charge in [-0.05, 0) is 137 Å². The largest absolute Gasteiger partial charge is 0.573 e. The Kier molecular flexibility index (Phi) is 14.7. The Labute approximate surface area is 462 Å². The van der Waals surface area contributed by atoms with Crippen LogP contribution in [0.1, 0.15) is 99.5 Å². The number of nitro benzene ring substituents is 1. The van der Waals surface area contributed by atoms with Gasteiger partial charge in [0.1, 0.15) is 28.9 Å². The number of fused-ring (bicyclic) bond motifs is 3. The van der Waals surface area contributed by atoms with Crippen LogP contribution in [0, 0.1) is 21.4 Å². The summed E-state index contributed by atoms with van der Waals surface area (Å²) in [7, 11) is -4.68. The van der Waals surface area contributed by atoms with Gasteiger partial charge >= 0.3 is 6.36 Å². The van der Waals surface area contributed by atoms with Gasteiger partial charge in [0.15, 0.2) is 0 Å². The number of pyridine rings is 1. The average Bonchev–Trinajstić information content (AvgIpc) is 3.55. The molecule has 428 valence electrons. The number of amides is 1. The molecule has 7 heterocycles. The van der Waals surface area contributed by atoms with E-state index in [9.17, 15) is 41.6 Å². The highest BCUT2D eigenvalue weighted by atomic mass is 32.2. The van der Waals surface area contributed by atoms with Gasteiger partial charge in [-0.2, -0.15) is 4.98 Å². The van der Waals surface area contributed by atoms with E-state index in [1.54, 1.807) is 37.4 Å². The smallest absolute Gasteiger partial charge is 0.468 e. The Balaban J connectivity index is 0.805. The summed E-state index contributed by atoms with van der Waals surface area (Å²) in [6.07, 6.45) is 4.97. The number of carbonyl (C=O) groups excluding carboxylic acids is 1. The number of carbonyl (C=O) groups is 1. The van der Waals surface area contributed by atoms with Crippen LogP contribution in [0.3, 0.4) is 0 Å². The number of para-hydroxylation sites is 1. The topological polar surface area (TPSA) is 217 Å². The second-order valence-electron chi connectivity index (χ2n) is 23.3. The van der Waals surface area contributed by atoms with Crippen LogP contribution in [-0.2, 0) is 19.5 Å². The Bertz CT molecular complexity index is 3220. The summed E-state index contributed by atoms with van der Waals surface area (Å²) >= 11 is 0. The van der Waals surface area contributed by atoms with Crippen molar-refractivity contribution in [1.29, 1.82) is 0 Å².